The Morgan fingerprint density at radius 1 is 1.50 bits per heavy atom. The summed E-state index contributed by atoms with van der Waals surface area (Å²) in [6, 6.07) is 0. The SMILES string of the molecule is C=C1C(=O)O[C@H]2[C@H]1[C@@H](OC(C)=O)C/C(C)=C\CC[C@@]1(C)O[C@H]21. The van der Waals surface area contributed by atoms with E-state index in [-0.39, 0.29) is 23.6 Å². The van der Waals surface area contributed by atoms with Crippen LogP contribution in [0.5, 0.6) is 0 Å². The van der Waals surface area contributed by atoms with Crippen molar-refractivity contribution in [1.29, 1.82) is 0 Å². The number of esters is 2. The van der Waals surface area contributed by atoms with Crippen molar-refractivity contribution >= 4 is 11.9 Å². The number of carbonyl (C=O) groups excluding carboxylic acids is 2. The van der Waals surface area contributed by atoms with E-state index in [4.69, 9.17) is 14.2 Å². The molecule has 2 fully saturated rings. The minimum absolute atomic E-state index is 0.148. The van der Waals surface area contributed by atoms with E-state index in [1.54, 1.807) is 0 Å². The minimum atomic E-state index is -0.441. The Kier molecular flexibility index (Phi) is 3.63. The molecule has 0 bridgehead atoms. The summed E-state index contributed by atoms with van der Waals surface area (Å²) in [5.74, 6) is -1.12. The van der Waals surface area contributed by atoms with Crippen molar-refractivity contribution in [2.24, 2.45) is 5.92 Å². The number of epoxide rings is 1. The number of hydrogen-bond donors (Lipinski definition) is 0. The molecule has 0 aromatic rings. The van der Waals surface area contributed by atoms with Crippen LogP contribution in [0.15, 0.2) is 23.8 Å². The fourth-order valence-corrected chi connectivity index (χ4v) is 3.63. The Morgan fingerprint density at radius 2 is 2.23 bits per heavy atom. The van der Waals surface area contributed by atoms with E-state index in [9.17, 15) is 9.59 Å². The summed E-state index contributed by atoms with van der Waals surface area (Å²) in [6.07, 6.45) is 3.52. The van der Waals surface area contributed by atoms with Crippen molar-refractivity contribution in [3.05, 3.63) is 23.8 Å². The van der Waals surface area contributed by atoms with Gasteiger partial charge in [0.1, 0.15) is 18.3 Å². The number of fused-ring (bicyclic) bond motifs is 3. The Hall–Kier alpha value is -1.62. The van der Waals surface area contributed by atoms with Gasteiger partial charge >= 0.3 is 11.9 Å². The lowest BCUT2D eigenvalue weighted by Crippen LogP contribution is -2.38. The molecule has 0 radical (unpaired) electrons. The van der Waals surface area contributed by atoms with Gasteiger partial charge in [-0.1, -0.05) is 18.2 Å². The molecule has 0 N–H and O–H groups in total. The van der Waals surface area contributed by atoms with E-state index in [1.807, 2.05) is 13.8 Å². The van der Waals surface area contributed by atoms with E-state index < -0.39 is 18.2 Å². The summed E-state index contributed by atoms with van der Waals surface area (Å²) in [4.78, 5) is 23.5. The third-order valence-corrected chi connectivity index (χ3v) is 4.88. The van der Waals surface area contributed by atoms with Gasteiger partial charge < -0.3 is 14.2 Å². The highest BCUT2D eigenvalue weighted by molar-refractivity contribution is 5.91. The number of carbonyl (C=O) groups is 2. The average molecular weight is 306 g/mol. The van der Waals surface area contributed by atoms with Crippen molar-refractivity contribution in [1.82, 2.24) is 0 Å². The molecule has 2 aliphatic heterocycles. The molecular weight excluding hydrogens is 284 g/mol. The lowest BCUT2D eigenvalue weighted by molar-refractivity contribution is -0.150. The molecule has 0 unspecified atom stereocenters. The molecule has 2 saturated heterocycles. The summed E-state index contributed by atoms with van der Waals surface area (Å²) in [6.45, 7) is 9.30. The first-order chi connectivity index (χ1) is 10.3. The molecule has 0 amide bonds. The average Bonchev–Trinajstić information content (AvgIpc) is 2.98. The second-order valence-corrected chi connectivity index (χ2v) is 6.71. The quantitative estimate of drug-likeness (QED) is 0.322. The first-order valence-electron chi connectivity index (χ1n) is 7.72. The standard InChI is InChI=1S/C17H22O5/c1-9-6-5-7-17(4)15(22-17)14-13(10(2)16(19)21-14)12(8-9)20-11(3)18/h6,12-15H,2,5,7-8H2,1,3-4H3/b9-6-/t12-,13+,14-,15+,17+/m0/s1. The third kappa shape index (κ3) is 2.58. The molecule has 1 aliphatic carbocycles. The summed E-state index contributed by atoms with van der Waals surface area (Å²) >= 11 is 0. The summed E-state index contributed by atoms with van der Waals surface area (Å²) < 4.78 is 16.8. The van der Waals surface area contributed by atoms with Crippen molar-refractivity contribution in [3.8, 4) is 0 Å². The molecule has 3 aliphatic rings. The molecule has 120 valence electrons. The van der Waals surface area contributed by atoms with Gasteiger partial charge in [0.05, 0.1) is 11.5 Å². The van der Waals surface area contributed by atoms with Gasteiger partial charge in [-0.15, -0.1) is 0 Å². The predicted octanol–water partition coefficient (Wildman–Crippen LogP) is 2.30. The fraction of sp³-hybridized carbons (Fsp3) is 0.647. The van der Waals surface area contributed by atoms with Crippen LogP contribution in [-0.4, -0.2) is 35.9 Å². The topological polar surface area (TPSA) is 65.1 Å². The Labute approximate surface area is 130 Å². The van der Waals surface area contributed by atoms with Crippen LogP contribution in [0, 0.1) is 5.92 Å². The highest BCUT2D eigenvalue weighted by Crippen LogP contribution is 2.50. The van der Waals surface area contributed by atoms with E-state index in [0.717, 1.165) is 18.4 Å². The van der Waals surface area contributed by atoms with Gasteiger partial charge in [0.15, 0.2) is 0 Å². The van der Waals surface area contributed by atoms with Crippen LogP contribution < -0.4 is 0 Å². The maximum Gasteiger partial charge on any atom is 0.334 e. The molecule has 0 saturated carbocycles. The normalized spacial score (nSPS) is 43.3. The smallest absolute Gasteiger partial charge is 0.334 e. The van der Waals surface area contributed by atoms with Crippen LogP contribution in [-0.2, 0) is 23.8 Å². The largest absolute Gasteiger partial charge is 0.461 e. The maximum absolute atomic E-state index is 12.0. The van der Waals surface area contributed by atoms with Gasteiger partial charge in [-0.25, -0.2) is 4.79 Å². The van der Waals surface area contributed by atoms with Crippen molar-refractivity contribution in [2.45, 2.75) is 63.9 Å². The van der Waals surface area contributed by atoms with E-state index in [1.165, 1.54) is 6.92 Å². The van der Waals surface area contributed by atoms with Gasteiger partial charge in [0.25, 0.3) is 0 Å². The zero-order chi connectivity index (χ0) is 16.1. The molecule has 5 nitrogen and oxygen atoms in total. The monoisotopic (exact) mass is 306 g/mol. The summed E-state index contributed by atoms with van der Waals surface area (Å²) in [5, 5.41) is 0. The van der Waals surface area contributed by atoms with Gasteiger partial charge in [-0.05, 0) is 26.7 Å². The van der Waals surface area contributed by atoms with Crippen LogP contribution in [0.1, 0.15) is 40.0 Å². The molecule has 0 aromatic carbocycles. The molecule has 22 heavy (non-hydrogen) atoms. The molecule has 3 rings (SSSR count). The Morgan fingerprint density at radius 3 is 2.91 bits per heavy atom. The highest BCUT2D eigenvalue weighted by Gasteiger charge is 2.63. The molecule has 5 atom stereocenters. The van der Waals surface area contributed by atoms with Crippen molar-refractivity contribution < 1.29 is 23.8 Å². The lowest BCUT2D eigenvalue weighted by Gasteiger charge is -2.27. The first kappa shape index (κ1) is 15.3. The van der Waals surface area contributed by atoms with Crippen LogP contribution >= 0.6 is 0 Å². The Bertz CT molecular complexity index is 563. The minimum Gasteiger partial charge on any atom is -0.461 e. The number of ether oxygens (including phenoxy) is 3. The number of allylic oxidation sites excluding steroid dienone is 1. The van der Waals surface area contributed by atoms with Gasteiger partial charge in [0.2, 0.25) is 0 Å². The van der Waals surface area contributed by atoms with Crippen LogP contribution in [0.25, 0.3) is 0 Å². The van der Waals surface area contributed by atoms with E-state index in [0.29, 0.717) is 12.0 Å². The molecule has 0 spiro atoms. The van der Waals surface area contributed by atoms with E-state index >= 15 is 0 Å². The van der Waals surface area contributed by atoms with Crippen LogP contribution in [0.2, 0.25) is 0 Å². The van der Waals surface area contributed by atoms with Gasteiger partial charge in [0, 0.05) is 18.9 Å². The maximum atomic E-state index is 12.0. The van der Waals surface area contributed by atoms with Crippen molar-refractivity contribution in [2.75, 3.05) is 0 Å². The zero-order valence-corrected chi connectivity index (χ0v) is 13.3. The molecule has 5 heteroatoms. The Balaban J connectivity index is 1.96. The summed E-state index contributed by atoms with van der Waals surface area (Å²) in [7, 11) is 0. The predicted molar refractivity (Wildman–Crippen MR) is 79.0 cm³/mol. The lowest BCUT2D eigenvalue weighted by atomic mass is 9.82. The van der Waals surface area contributed by atoms with Gasteiger partial charge in [-0.2, -0.15) is 0 Å². The highest BCUT2D eigenvalue weighted by atomic mass is 16.6. The van der Waals surface area contributed by atoms with Crippen molar-refractivity contribution in [3.63, 3.8) is 0 Å². The zero-order valence-electron chi connectivity index (χ0n) is 13.3. The number of rotatable bonds is 1. The van der Waals surface area contributed by atoms with E-state index in [2.05, 4.69) is 12.7 Å². The number of hydrogen-bond acceptors (Lipinski definition) is 5. The van der Waals surface area contributed by atoms with Crippen LogP contribution in [0.3, 0.4) is 0 Å². The second-order valence-electron chi connectivity index (χ2n) is 6.71. The third-order valence-electron chi connectivity index (χ3n) is 4.88. The van der Waals surface area contributed by atoms with Gasteiger partial charge in [-0.3, -0.25) is 4.79 Å². The second kappa shape index (κ2) is 5.23. The molecule has 0 aromatic heterocycles. The summed E-state index contributed by atoms with van der Waals surface area (Å²) in [5.41, 5.74) is 1.24. The molecule has 2 heterocycles. The first-order valence-corrected chi connectivity index (χ1v) is 7.72. The van der Waals surface area contributed by atoms with Crippen LogP contribution in [0.4, 0.5) is 0 Å². The molecular formula is C17H22O5. The fourth-order valence-electron chi connectivity index (χ4n) is 3.63.